The maximum absolute atomic E-state index is 11.5. The molecule has 0 saturated carbocycles. The number of hydrogen-bond donors (Lipinski definition) is 1. The lowest BCUT2D eigenvalue weighted by Gasteiger charge is -2.25. The second-order valence-corrected chi connectivity index (χ2v) is 4.23. The standard InChI is InChI=1S/C14H20O3/c1-4-12(14(16)17-3)13(15)10(2)11-8-6-5-7-9-11/h5-10,12-13,15H,4H2,1-3H3. The zero-order valence-electron chi connectivity index (χ0n) is 10.6. The van der Waals surface area contributed by atoms with Gasteiger partial charge in [0.05, 0.1) is 19.1 Å². The third-order valence-electron chi connectivity index (χ3n) is 3.19. The molecule has 17 heavy (non-hydrogen) atoms. The van der Waals surface area contributed by atoms with Gasteiger partial charge in [-0.15, -0.1) is 0 Å². The van der Waals surface area contributed by atoms with E-state index in [1.54, 1.807) is 0 Å². The summed E-state index contributed by atoms with van der Waals surface area (Å²) in [5, 5.41) is 10.2. The molecule has 0 aromatic heterocycles. The maximum atomic E-state index is 11.5. The summed E-state index contributed by atoms with van der Waals surface area (Å²) < 4.78 is 4.71. The second kappa shape index (κ2) is 6.40. The van der Waals surface area contributed by atoms with Gasteiger partial charge in [-0.2, -0.15) is 0 Å². The molecule has 0 heterocycles. The Morgan fingerprint density at radius 2 is 1.94 bits per heavy atom. The number of aliphatic hydroxyl groups is 1. The highest BCUT2D eigenvalue weighted by Crippen LogP contribution is 2.26. The van der Waals surface area contributed by atoms with Gasteiger partial charge in [-0.25, -0.2) is 0 Å². The van der Waals surface area contributed by atoms with Crippen molar-refractivity contribution in [3.63, 3.8) is 0 Å². The van der Waals surface area contributed by atoms with Gasteiger partial charge < -0.3 is 9.84 Å². The van der Waals surface area contributed by atoms with Crippen LogP contribution in [0.2, 0.25) is 0 Å². The van der Waals surface area contributed by atoms with Crippen molar-refractivity contribution in [2.45, 2.75) is 32.3 Å². The molecule has 1 N–H and O–H groups in total. The van der Waals surface area contributed by atoms with E-state index in [1.165, 1.54) is 7.11 Å². The molecule has 0 saturated heterocycles. The van der Waals surface area contributed by atoms with E-state index in [4.69, 9.17) is 4.74 Å². The number of hydrogen-bond acceptors (Lipinski definition) is 3. The van der Waals surface area contributed by atoms with Gasteiger partial charge in [-0.3, -0.25) is 4.79 Å². The lowest BCUT2D eigenvalue weighted by atomic mass is 9.86. The van der Waals surface area contributed by atoms with E-state index in [-0.39, 0.29) is 11.9 Å². The SMILES string of the molecule is CCC(C(=O)OC)C(O)C(C)c1ccccc1. The van der Waals surface area contributed by atoms with Gasteiger partial charge in [-0.1, -0.05) is 44.2 Å². The van der Waals surface area contributed by atoms with E-state index in [2.05, 4.69) is 0 Å². The molecule has 0 aliphatic rings. The fourth-order valence-corrected chi connectivity index (χ4v) is 2.00. The molecular weight excluding hydrogens is 216 g/mol. The van der Waals surface area contributed by atoms with Gasteiger partial charge in [-0.05, 0) is 12.0 Å². The fourth-order valence-electron chi connectivity index (χ4n) is 2.00. The molecule has 0 aliphatic carbocycles. The summed E-state index contributed by atoms with van der Waals surface area (Å²) in [6, 6.07) is 9.70. The summed E-state index contributed by atoms with van der Waals surface area (Å²) in [7, 11) is 1.35. The Hall–Kier alpha value is -1.35. The summed E-state index contributed by atoms with van der Waals surface area (Å²) in [6.45, 7) is 3.80. The normalized spacial score (nSPS) is 16.0. The molecule has 3 heteroatoms. The smallest absolute Gasteiger partial charge is 0.311 e. The molecule has 0 bridgehead atoms. The van der Waals surface area contributed by atoms with Crippen LogP contribution in [0.5, 0.6) is 0 Å². The first-order chi connectivity index (χ1) is 8.11. The Morgan fingerprint density at radius 1 is 1.35 bits per heavy atom. The zero-order chi connectivity index (χ0) is 12.8. The minimum Gasteiger partial charge on any atom is -0.469 e. The molecule has 0 radical (unpaired) electrons. The van der Waals surface area contributed by atoms with Crippen molar-refractivity contribution < 1.29 is 14.6 Å². The number of carbonyl (C=O) groups is 1. The van der Waals surface area contributed by atoms with E-state index < -0.39 is 12.0 Å². The van der Waals surface area contributed by atoms with E-state index in [0.29, 0.717) is 6.42 Å². The summed E-state index contributed by atoms with van der Waals surface area (Å²) in [6.07, 6.45) is -0.139. The first-order valence-electron chi connectivity index (χ1n) is 5.92. The monoisotopic (exact) mass is 236 g/mol. The summed E-state index contributed by atoms with van der Waals surface area (Å²) in [5.41, 5.74) is 1.03. The van der Waals surface area contributed by atoms with Gasteiger partial charge in [0.15, 0.2) is 0 Å². The van der Waals surface area contributed by atoms with Crippen LogP contribution < -0.4 is 0 Å². The van der Waals surface area contributed by atoms with Crippen LogP contribution in [0.1, 0.15) is 31.7 Å². The number of ether oxygens (including phenoxy) is 1. The number of benzene rings is 1. The molecule has 3 nitrogen and oxygen atoms in total. The molecule has 94 valence electrons. The minimum atomic E-state index is -0.713. The second-order valence-electron chi connectivity index (χ2n) is 4.23. The lowest BCUT2D eigenvalue weighted by Crippen LogP contribution is -2.32. The topological polar surface area (TPSA) is 46.5 Å². The molecule has 0 spiro atoms. The van der Waals surface area contributed by atoms with Gasteiger partial charge in [0.25, 0.3) is 0 Å². The van der Waals surface area contributed by atoms with Crippen LogP contribution in [0.15, 0.2) is 30.3 Å². The third kappa shape index (κ3) is 3.30. The van der Waals surface area contributed by atoms with E-state index in [0.717, 1.165) is 5.56 Å². The molecule has 3 unspecified atom stereocenters. The average Bonchev–Trinajstić information content (AvgIpc) is 2.39. The van der Waals surface area contributed by atoms with Crippen molar-refractivity contribution in [2.24, 2.45) is 5.92 Å². The summed E-state index contributed by atoms with van der Waals surface area (Å²) in [5.74, 6) is -0.891. The van der Waals surface area contributed by atoms with Crippen molar-refractivity contribution in [2.75, 3.05) is 7.11 Å². The predicted molar refractivity (Wildman–Crippen MR) is 66.7 cm³/mol. The van der Waals surface area contributed by atoms with Gasteiger partial charge in [0, 0.05) is 5.92 Å². The molecule has 0 fully saturated rings. The molecule has 1 aromatic rings. The van der Waals surface area contributed by atoms with E-state index in [1.807, 2.05) is 44.2 Å². The lowest BCUT2D eigenvalue weighted by molar-refractivity contribution is -0.150. The zero-order valence-corrected chi connectivity index (χ0v) is 10.6. The highest BCUT2D eigenvalue weighted by atomic mass is 16.5. The Balaban J connectivity index is 2.81. The molecule has 0 amide bonds. The largest absolute Gasteiger partial charge is 0.469 e. The molecule has 1 aromatic carbocycles. The third-order valence-corrected chi connectivity index (χ3v) is 3.19. The van der Waals surface area contributed by atoms with Crippen molar-refractivity contribution in [1.29, 1.82) is 0 Å². The number of esters is 1. The molecular formula is C14H20O3. The van der Waals surface area contributed by atoms with Crippen LogP contribution >= 0.6 is 0 Å². The van der Waals surface area contributed by atoms with Gasteiger partial charge >= 0.3 is 5.97 Å². The molecule has 0 aliphatic heterocycles. The number of carbonyl (C=O) groups excluding carboxylic acids is 1. The van der Waals surface area contributed by atoms with Crippen molar-refractivity contribution in [3.8, 4) is 0 Å². The highest BCUT2D eigenvalue weighted by Gasteiger charge is 2.30. The van der Waals surface area contributed by atoms with Crippen molar-refractivity contribution in [1.82, 2.24) is 0 Å². The van der Waals surface area contributed by atoms with Crippen LogP contribution in [0.4, 0.5) is 0 Å². The quantitative estimate of drug-likeness (QED) is 0.798. The van der Waals surface area contributed by atoms with E-state index >= 15 is 0 Å². The summed E-state index contributed by atoms with van der Waals surface area (Å²) >= 11 is 0. The first kappa shape index (κ1) is 13.7. The number of methoxy groups -OCH3 is 1. The van der Waals surface area contributed by atoms with Crippen molar-refractivity contribution >= 4 is 5.97 Å². The van der Waals surface area contributed by atoms with Crippen LogP contribution in [0.3, 0.4) is 0 Å². The first-order valence-corrected chi connectivity index (χ1v) is 5.92. The molecule has 1 rings (SSSR count). The summed E-state index contributed by atoms with van der Waals surface area (Å²) in [4.78, 5) is 11.5. The van der Waals surface area contributed by atoms with Crippen molar-refractivity contribution in [3.05, 3.63) is 35.9 Å². The van der Waals surface area contributed by atoms with Crippen LogP contribution in [-0.2, 0) is 9.53 Å². The average molecular weight is 236 g/mol. The Kier molecular flexibility index (Phi) is 5.16. The van der Waals surface area contributed by atoms with Gasteiger partial charge in [0.2, 0.25) is 0 Å². The minimum absolute atomic E-state index is 0.0831. The number of aliphatic hydroxyl groups excluding tert-OH is 1. The Morgan fingerprint density at radius 3 is 2.41 bits per heavy atom. The molecule has 3 atom stereocenters. The van der Waals surface area contributed by atoms with Gasteiger partial charge in [0.1, 0.15) is 0 Å². The highest BCUT2D eigenvalue weighted by molar-refractivity contribution is 5.73. The van der Waals surface area contributed by atoms with Crippen LogP contribution in [0, 0.1) is 5.92 Å². The number of rotatable bonds is 5. The Bertz CT molecular complexity index is 348. The van der Waals surface area contributed by atoms with Crippen LogP contribution in [-0.4, -0.2) is 24.3 Å². The fraction of sp³-hybridized carbons (Fsp3) is 0.500. The van der Waals surface area contributed by atoms with Crippen LogP contribution in [0.25, 0.3) is 0 Å². The predicted octanol–water partition coefficient (Wildman–Crippen LogP) is 2.35. The van der Waals surface area contributed by atoms with E-state index in [9.17, 15) is 9.90 Å². The maximum Gasteiger partial charge on any atom is 0.311 e. The Labute approximate surface area is 102 Å².